The van der Waals surface area contributed by atoms with E-state index < -0.39 is 0 Å². The van der Waals surface area contributed by atoms with Crippen molar-refractivity contribution in [3.8, 4) is 5.75 Å². The Morgan fingerprint density at radius 3 is 2.57 bits per heavy atom. The van der Waals surface area contributed by atoms with Gasteiger partial charge in [-0.2, -0.15) is 0 Å². The van der Waals surface area contributed by atoms with Gasteiger partial charge in [0, 0.05) is 5.88 Å². The molecule has 2 amide bonds. The maximum atomic E-state index is 13.5. The zero-order valence-corrected chi connectivity index (χ0v) is 17.1. The third-order valence-corrected chi connectivity index (χ3v) is 5.10. The van der Waals surface area contributed by atoms with Crippen LogP contribution in [0.15, 0.2) is 72.8 Å². The van der Waals surface area contributed by atoms with Crippen LogP contribution in [0.3, 0.4) is 0 Å². The number of carbonyl (C=O) groups excluding carboxylic acids is 2. The molecule has 5 nitrogen and oxygen atoms in total. The van der Waals surface area contributed by atoms with E-state index in [-0.39, 0.29) is 18.2 Å². The summed E-state index contributed by atoms with van der Waals surface area (Å²) >= 11 is 5.70. The maximum Gasteiger partial charge on any atom is 0.257 e. The summed E-state index contributed by atoms with van der Waals surface area (Å²) in [5.41, 5.74) is 3.11. The Bertz CT molecular complexity index is 1080. The number of carbonyl (C=O) groups is 2. The molecule has 3 aromatic carbocycles. The number of fused-ring (bicyclic) bond motifs is 2. The molecule has 0 spiro atoms. The van der Waals surface area contributed by atoms with Gasteiger partial charge in [-0.3, -0.25) is 14.5 Å². The average Bonchev–Trinajstić information content (AvgIpc) is 2.88. The number of alkyl halides is 1. The monoisotopic (exact) mass is 420 g/mol. The number of para-hydroxylation sites is 3. The predicted molar refractivity (Wildman–Crippen MR) is 119 cm³/mol. The molecule has 1 N–H and O–H groups in total. The quantitative estimate of drug-likeness (QED) is 0.442. The molecule has 0 saturated heterocycles. The van der Waals surface area contributed by atoms with E-state index in [2.05, 4.69) is 5.32 Å². The Balaban J connectivity index is 1.66. The van der Waals surface area contributed by atoms with Crippen molar-refractivity contribution in [2.45, 2.75) is 12.8 Å². The van der Waals surface area contributed by atoms with Gasteiger partial charge in [0.25, 0.3) is 5.91 Å². The summed E-state index contributed by atoms with van der Waals surface area (Å²) in [7, 11) is 0. The lowest BCUT2D eigenvalue weighted by Gasteiger charge is -2.24. The fourth-order valence-electron chi connectivity index (χ4n) is 3.47. The van der Waals surface area contributed by atoms with Crippen LogP contribution in [0.1, 0.15) is 22.3 Å². The molecule has 0 atom stereocenters. The molecule has 1 aliphatic rings. The highest BCUT2D eigenvalue weighted by Crippen LogP contribution is 2.38. The van der Waals surface area contributed by atoms with E-state index in [1.54, 1.807) is 29.2 Å². The smallest absolute Gasteiger partial charge is 0.257 e. The third-order valence-electron chi connectivity index (χ3n) is 4.83. The summed E-state index contributed by atoms with van der Waals surface area (Å²) in [6, 6.07) is 21.9. The Kier molecular flexibility index (Phi) is 6.00. The second-order valence-corrected chi connectivity index (χ2v) is 7.31. The van der Waals surface area contributed by atoms with E-state index in [4.69, 9.17) is 16.3 Å². The molecule has 0 unspecified atom stereocenters. The van der Waals surface area contributed by atoms with Gasteiger partial charge in [0.1, 0.15) is 5.75 Å². The van der Waals surface area contributed by atoms with E-state index in [1.807, 2.05) is 48.5 Å². The second kappa shape index (κ2) is 9.01. The predicted octanol–water partition coefficient (Wildman–Crippen LogP) is 5.17. The van der Waals surface area contributed by atoms with Gasteiger partial charge in [-0.05, 0) is 48.4 Å². The number of rotatable bonds is 6. The minimum atomic E-state index is -0.233. The van der Waals surface area contributed by atoms with Crippen molar-refractivity contribution in [3.05, 3.63) is 83.9 Å². The van der Waals surface area contributed by atoms with Gasteiger partial charge in [0.05, 0.1) is 35.7 Å². The van der Waals surface area contributed by atoms with Crippen LogP contribution in [0.25, 0.3) is 0 Å². The number of nitrogens with one attached hydrogen (secondary N) is 1. The molecular formula is C24H21ClN2O3. The summed E-state index contributed by atoms with van der Waals surface area (Å²) < 4.78 is 5.70. The second-order valence-electron chi connectivity index (χ2n) is 6.93. The number of amides is 2. The number of halogens is 1. The maximum absolute atomic E-state index is 13.5. The zero-order valence-electron chi connectivity index (χ0n) is 16.3. The van der Waals surface area contributed by atoms with Crippen LogP contribution in [0.2, 0.25) is 0 Å². The Hall–Kier alpha value is -3.31. The van der Waals surface area contributed by atoms with Crippen molar-refractivity contribution in [3.63, 3.8) is 0 Å². The Morgan fingerprint density at radius 1 is 0.967 bits per heavy atom. The molecule has 0 saturated carbocycles. The molecule has 30 heavy (non-hydrogen) atoms. The van der Waals surface area contributed by atoms with Crippen molar-refractivity contribution in [1.82, 2.24) is 0 Å². The minimum Gasteiger partial charge on any atom is -0.494 e. The molecule has 0 aromatic heterocycles. The summed E-state index contributed by atoms with van der Waals surface area (Å²) in [5, 5.41) is 2.90. The number of anilines is 3. The highest BCUT2D eigenvalue weighted by molar-refractivity contribution is 6.18. The fraction of sp³-hybridized carbons (Fsp3) is 0.167. The highest BCUT2D eigenvalue weighted by atomic mass is 35.5. The lowest BCUT2D eigenvalue weighted by atomic mass is 10.1. The first-order valence-electron chi connectivity index (χ1n) is 9.77. The van der Waals surface area contributed by atoms with E-state index >= 15 is 0 Å². The Morgan fingerprint density at radius 2 is 1.73 bits per heavy atom. The van der Waals surface area contributed by atoms with Crippen molar-refractivity contribution >= 4 is 40.5 Å². The van der Waals surface area contributed by atoms with Crippen LogP contribution < -0.4 is 15.0 Å². The molecule has 4 rings (SSSR count). The highest BCUT2D eigenvalue weighted by Gasteiger charge is 2.28. The van der Waals surface area contributed by atoms with E-state index in [1.165, 1.54) is 0 Å². The van der Waals surface area contributed by atoms with Crippen LogP contribution in [-0.2, 0) is 11.2 Å². The minimum absolute atomic E-state index is 0.135. The van der Waals surface area contributed by atoms with Gasteiger partial charge in [0.15, 0.2) is 0 Å². The van der Waals surface area contributed by atoms with Gasteiger partial charge in [-0.1, -0.05) is 36.4 Å². The lowest BCUT2D eigenvalue weighted by molar-refractivity contribution is -0.117. The van der Waals surface area contributed by atoms with Crippen LogP contribution in [0.5, 0.6) is 5.75 Å². The molecule has 3 aromatic rings. The topological polar surface area (TPSA) is 58.6 Å². The SMILES string of the molecule is O=C1Nc2ccccc2N(C(=O)Cc2cccc(OCCCCl)c2)c2ccccc21. The zero-order chi connectivity index (χ0) is 20.9. The molecule has 152 valence electrons. The standard InChI is InChI=1S/C24H21ClN2O3/c25-13-6-14-30-18-8-5-7-17(15-18)16-23(28)27-21-11-3-1-9-19(21)24(29)26-20-10-2-4-12-22(20)27/h1-5,7-12,15H,6,13-14,16H2,(H,26,29). The summed E-state index contributed by atoms with van der Waals surface area (Å²) in [6.45, 7) is 0.529. The number of ether oxygens (including phenoxy) is 1. The summed E-state index contributed by atoms with van der Waals surface area (Å²) in [5.74, 6) is 0.880. The van der Waals surface area contributed by atoms with Crippen LogP contribution in [0, 0.1) is 0 Å². The lowest BCUT2D eigenvalue weighted by Crippen LogP contribution is -2.28. The van der Waals surface area contributed by atoms with Crippen LogP contribution in [0.4, 0.5) is 17.1 Å². The first-order valence-corrected chi connectivity index (χ1v) is 10.3. The van der Waals surface area contributed by atoms with Crippen molar-refractivity contribution < 1.29 is 14.3 Å². The fourth-order valence-corrected chi connectivity index (χ4v) is 3.58. The van der Waals surface area contributed by atoms with Crippen molar-refractivity contribution in [2.75, 3.05) is 22.7 Å². The van der Waals surface area contributed by atoms with E-state index in [0.29, 0.717) is 40.9 Å². The largest absolute Gasteiger partial charge is 0.494 e. The van der Waals surface area contributed by atoms with Crippen molar-refractivity contribution in [2.24, 2.45) is 0 Å². The molecular weight excluding hydrogens is 400 g/mol. The van der Waals surface area contributed by atoms with Gasteiger partial charge in [0.2, 0.25) is 5.91 Å². The molecule has 0 radical (unpaired) electrons. The summed E-state index contributed by atoms with van der Waals surface area (Å²) in [6.07, 6.45) is 0.927. The molecule has 0 bridgehead atoms. The number of hydrogen-bond donors (Lipinski definition) is 1. The van der Waals surface area contributed by atoms with Gasteiger partial charge in [-0.15, -0.1) is 11.6 Å². The normalized spacial score (nSPS) is 12.4. The molecule has 1 aliphatic heterocycles. The van der Waals surface area contributed by atoms with Gasteiger partial charge in [-0.25, -0.2) is 0 Å². The number of nitrogens with zero attached hydrogens (tertiary/aromatic N) is 1. The number of benzene rings is 3. The summed E-state index contributed by atoms with van der Waals surface area (Å²) in [4.78, 5) is 27.8. The average molecular weight is 421 g/mol. The molecule has 1 heterocycles. The molecule has 0 fully saturated rings. The van der Waals surface area contributed by atoms with Gasteiger partial charge >= 0.3 is 0 Å². The molecule has 6 heteroatoms. The van der Waals surface area contributed by atoms with Crippen LogP contribution >= 0.6 is 11.6 Å². The van der Waals surface area contributed by atoms with Crippen molar-refractivity contribution in [1.29, 1.82) is 0 Å². The van der Waals surface area contributed by atoms with Gasteiger partial charge < -0.3 is 10.1 Å². The Labute approximate surface area is 180 Å². The van der Waals surface area contributed by atoms with Crippen LogP contribution in [-0.4, -0.2) is 24.3 Å². The van der Waals surface area contributed by atoms with E-state index in [0.717, 1.165) is 12.0 Å². The first-order chi connectivity index (χ1) is 14.7. The van der Waals surface area contributed by atoms with E-state index in [9.17, 15) is 9.59 Å². The molecule has 0 aliphatic carbocycles. The number of hydrogen-bond acceptors (Lipinski definition) is 3. The first kappa shape index (κ1) is 20.0. The third kappa shape index (κ3) is 4.16.